The van der Waals surface area contributed by atoms with Crippen molar-refractivity contribution in [2.24, 2.45) is 0 Å². The standard InChI is InChI=1S/C21H23FN2O3/c1-15-3-8-19(13-16(15)2)27-14-20(25)23-9-11-24(12-10-23)21(26)17-4-6-18(22)7-5-17/h3-8,13H,9-12,14H2,1-2H3. The van der Waals surface area contributed by atoms with E-state index < -0.39 is 0 Å². The molecule has 5 nitrogen and oxygen atoms in total. The van der Waals surface area contributed by atoms with E-state index in [2.05, 4.69) is 0 Å². The van der Waals surface area contributed by atoms with Crippen molar-refractivity contribution in [3.63, 3.8) is 0 Å². The van der Waals surface area contributed by atoms with Gasteiger partial charge in [-0.1, -0.05) is 6.07 Å². The number of ether oxygens (including phenoxy) is 1. The Morgan fingerprint density at radius 3 is 2.19 bits per heavy atom. The van der Waals surface area contributed by atoms with Gasteiger partial charge in [0.1, 0.15) is 11.6 Å². The number of hydrogen-bond acceptors (Lipinski definition) is 3. The summed E-state index contributed by atoms with van der Waals surface area (Å²) in [4.78, 5) is 28.2. The largest absolute Gasteiger partial charge is 0.484 e. The molecule has 0 saturated carbocycles. The molecule has 1 saturated heterocycles. The second-order valence-electron chi connectivity index (χ2n) is 6.71. The molecule has 0 aliphatic carbocycles. The molecule has 1 aliphatic heterocycles. The number of halogens is 1. The molecular weight excluding hydrogens is 347 g/mol. The van der Waals surface area contributed by atoms with Gasteiger partial charge in [-0.3, -0.25) is 9.59 Å². The van der Waals surface area contributed by atoms with Gasteiger partial charge in [0.05, 0.1) is 0 Å². The van der Waals surface area contributed by atoms with Crippen molar-refractivity contribution in [3.8, 4) is 5.75 Å². The molecule has 27 heavy (non-hydrogen) atoms. The fraction of sp³-hybridized carbons (Fsp3) is 0.333. The van der Waals surface area contributed by atoms with Crippen molar-refractivity contribution < 1.29 is 18.7 Å². The Bertz CT molecular complexity index is 828. The summed E-state index contributed by atoms with van der Waals surface area (Å²) in [6.45, 7) is 5.83. The first-order chi connectivity index (χ1) is 12.9. The molecule has 2 aromatic rings. The smallest absolute Gasteiger partial charge is 0.260 e. The highest BCUT2D eigenvalue weighted by atomic mass is 19.1. The maximum Gasteiger partial charge on any atom is 0.260 e. The number of carbonyl (C=O) groups excluding carboxylic acids is 2. The van der Waals surface area contributed by atoms with Crippen LogP contribution in [0.3, 0.4) is 0 Å². The van der Waals surface area contributed by atoms with E-state index in [0.717, 1.165) is 5.56 Å². The first-order valence-corrected chi connectivity index (χ1v) is 8.97. The number of aryl methyl sites for hydroxylation is 2. The van der Waals surface area contributed by atoms with Crippen LogP contribution in [0.15, 0.2) is 42.5 Å². The predicted octanol–water partition coefficient (Wildman–Crippen LogP) is 2.81. The number of benzene rings is 2. The highest BCUT2D eigenvalue weighted by Crippen LogP contribution is 2.17. The lowest BCUT2D eigenvalue weighted by Gasteiger charge is -2.34. The topological polar surface area (TPSA) is 49.9 Å². The van der Waals surface area contributed by atoms with Gasteiger partial charge in [0.2, 0.25) is 0 Å². The summed E-state index contributed by atoms with van der Waals surface area (Å²) in [5.41, 5.74) is 2.75. The molecule has 0 radical (unpaired) electrons. The van der Waals surface area contributed by atoms with E-state index >= 15 is 0 Å². The third kappa shape index (κ3) is 4.64. The van der Waals surface area contributed by atoms with Crippen molar-refractivity contribution >= 4 is 11.8 Å². The molecule has 2 aromatic carbocycles. The van der Waals surface area contributed by atoms with Crippen LogP contribution in [-0.2, 0) is 4.79 Å². The number of rotatable bonds is 4. The second-order valence-corrected chi connectivity index (χ2v) is 6.71. The number of amides is 2. The normalized spacial score (nSPS) is 14.2. The van der Waals surface area contributed by atoms with Crippen LogP contribution in [0.1, 0.15) is 21.5 Å². The Morgan fingerprint density at radius 1 is 0.926 bits per heavy atom. The summed E-state index contributed by atoms with van der Waals surface area (Å²) in [7, 11) is 0. The Morgan fingerprint density at radius 2 is 1.56 bits per heavy atom. The number of piperazine rings is 1. The zero-order valence-corrected chi connectivity index (χ0v) is 15.6. The van der Waals surface area contributed by atoms with Crippen molar-refractivity contribution in [3.05, 3.63) is 65.0 Å². The predicted molar refractivity (Wildman–Crippen MR) is 100 cm³/mol. The molecule has 3 rings (SSSR count). The van der Waals surface area contributed by atoms with E-state index in [1.165, 1.54) is 29.8 Å². The van der Waals surface area contributed by atoms with Crippen molar-refractivity contribution in [1.82, 2.24) is 9.80 Å². The molecule has 0 bridgehead atoms. The Hall–Kier alpha value is -2.89. The molecule has 0 aromatic heterocycles. The molecule has 0 atom stereocenters. The Labute approximate surface area is 158 Å². The number of hydrogen-bond donors (Lipinski definition) is 0. The zero-order valence-electron chi connectivity index (χ0n) is 15.6. The summed E-state index contributed by atoms with van der Waals surface area (Å²) in [5.74, 6) is 0.0675. The minimum absolute atomic E-state index is 0.0194. The van der Waals surface area contributed by atoms with Gasteiger partial charge in [-0.2, -0.15) is 0 Å². The average Bonchev–Trinajstić information content (AvgIpc) is 2.69. The van der Waals surface area contributed by atoms with Crippen LogP contribution in [0.5, 0.6) is 5.75 Å². The van der Waals surface area contributed by atoms with Gasteiger partial charge >= 0.3 is 0 Å². The SMILES string of the molecule is Cc1ccc(OCC(=O)N2CCN(C(=O)c3ccc(F)cc3)CC2)cc1C. The van der Waals surface area contributed by atoms with Gasteiger partial charge in [0.15, 0.2) is 6.61 Å². The maximum atomic E-state index is 13.0. The van der Waals surface area contributed by atoms with Crippen LogP contribution < -0.4 is 4.74 Å². The molecular formula is C21H23FN2O3. The summed E-state index contributed by atoms with van der Waals surface area (Å²) >= 11 is 0. The highest BCUT2D eigenvalue weighted by molar-refractivity contribution is 5.94. The molecule has 0 unspecified atom stereocenters. The second kappa shape index (κ2) is 8.20. The van der Waals surface area contributed by atoms with Gasteiger partial charge in [0, 0.05) is 31.7 Å². The lowest BCUT2D eigenvalue weighted by Crippen LogP contribution is -2.51. The molecule has 0 spiro atoms. The molecule has 1 heterocycles. The van der Waals surface area contributed by atoms with E-state index in [4.69, 9.17) is 4.74 Å². The molecule has 6 heteroatoms. The number of nitrogens with zero attached hydrogens (tertiary/aromatic N) is 2. The first-order valence-electron chi connectivity index (χ1n) is 8.97. The van der Waals surface area contributed by atoms with E-state index in [9.17, 15) is 14.0 Å². The maximum absolute atomic E-state index is 13.0. The van der Waals surface area contributed by atoms with E-state index in [1.807, 2.05) is 32.0 Å². The third-order valence-corrected chi connectivity index (χ3v) is 4.85. The molecule has 2 amide bonds. The van der Waals surface area contributed by atoms with Crippen molar-refractivity contribution in [2.45, 2.75) is 13.8 Å². The van der Waals surface area contributed by atoms with Gasteiger partial charge < -0.3 is 14.5 Å². The summed E-state index contributed by atoms with van der Waals surface area (Å²) in [5, 5.41) is 0. The average molecular weight is 370 g/mol. The summed E-state index contributed by atoms with van der Waals surface area (Å²) in [6, 6.07) is 11.2. The minimum Gasteiger partial charge on any atom is -0.484 e. The van der Waals surface area contributed by atoms with Crippen LogP contribution in [0.4, 0.5) is 4.39 Å². The van der Waals surface area contributed by atoms with Crippen molar-refractivity contribution in [1.29, 1.82) is 0 Å². The van der Waals surface area contributed by atoms with E-state index in [-0.39, 0.29) is 24.2 Å². The molecule has 1 fully saturated rings. The fourth-order valence-electron chi connectivity index (χ4n) is 2.97. The van der Waals surface area contributed by atoms with E-state index in [1.54, 1.807) is 9.80 Å². The lowest BCUT2D eigenvalue weighted by atomic mass is 10.1. The van der Waals surface area contributed by atoms with Crippen LogP contribution in [0.25, 0.3) is 0 Å². The highest BCUT2D eigenvalue weighted by Gasteiger charge is 2.25. The van der Waals surface area contributed by atoms with Crippen molar-refractivity contribution in [2.75, 3.05) is 32.8 Å². The van der Waals surface area contributed by atoms with Gasteiger partial charge in [-0.05, 0) is 61.4 Å². The number of carbonyl (C=O) groups is 2. The van der Waals surface area contributed by atoms with Crippen LogP contribution in [0.2, 0.25) is 0 Å². The van der Waals surface area contributed by atoms with Gasteiger partial charge in [-0.15, -0.1) is 0 Å². The zero-order chi connectivity index (χ0) is 19.4. The van der Waals surface area contributed by atoms with Crippen LogP contribution in [-0.4, -0.2) is 54.4 Å². The quantitative estimate of drug-likeness (QED) is 0.832. The Kier molecular flexibility index (Phi) is 5.74. The third-order valence-electron chi connectivity index (χ3n) is 4.85. The van der Waals surface area contributed by atoms with Gasteiger partial charge in [-0.25, -0.2) is 4.39 Å². The van der Waals surface area contributed by atoms with E-state index in [0.29, 0.717) is 37.5 Å². The molecule has 142 valence electrons. The monoisotopic (exact) mass is 370 g/mol. The first kappa shape index (κ1) is 18.9. The fourth-order valence-corrected chi connectivity index (χ4v) is 2.97. The summed E-state index contributed by atoms with van der Waals surface area (Å²) < 4.78 is 18.6. The minimum atomic E-state index is -0.370. The lowest BCUT2D eigenvalue weighted by molar-refractivity contribution is -0.134. The molecule has 1 aliphatic rings. The molecule has 0 N–H and O–H groups in total. The van der Waals surface area contributed by atoms with Crippen LogP contribution in [0, 0.1) is 19.7 Å². The Balaban J connectivity index is 1.49. The van der Waals surface area contributed by atoms with Crippen LogP contribution >= 0.6 is 0 Å². The summed E-state index contributed by atoms with van der Waals surface area (Å²) in [6.07, 6.45) is 0. The van der Waals surface area contributed by atoms with Gasteiger partial charge in [0.25, 0.3) is 11.8 Å².